The molecule has 0 saturated heterocycles. The van der Waals surface area contributed by atoms with Crippen LogP contribution in [-0.4, -0.2) is 15.5 Å². The van der Waals surface area contributed by atoms with Crippen LogP contribution in [0.5, 0.6) is 0 Å². The zero-order chi connectivity index (χ0) is 13.4. The summed E-state index contributed by atoms with van der Waals surface area (Å²) in [7, 11) is 1.83. The molecule has 2 heterocycles. The second-order valence-electron chi connectivity index (χ2n) is 4.09. The van der Waals surface area contributed by atoms with E-state index in [9.17, 15) is 4.79 Å². The van der Waals surface area contributed by atoms with E-state index in [-0.39, 0.29) is 5.91 Å². The number of anilines is 1. The van der Waals surface area contributed by atoms with Gasteiger partial charge in [0.05, 0.1) is 10.2 Å². The molecule has 3 rings (SSSR count). The van der Waals surface area contributed by atoms with E-state index in [1.165, 1.54) is 11.3 Å². The second kappa shape index (κ2) is 4.68. The van der Waals surface area contributed by atoms with Gasteiger partial charge >= 0.3 is 0 Å². The lowest BCUT2D eigenvalue weighted by atomic mass is 10.3. The summed E-state index contributed by atoms with van der Waals surface area (Å²) in [5.74, 6) is -0.169. The van der Waals surface area contributed by atoms with Crippen LogP contribution in [0.2, 0.25) is 5.02 Å². The number of thiazole rings is 1. The summed E-state index contributed by atoms with van der Waals surface area (Å²) in [6, 6.07) is 9.05. The molecule has 0 atom stereocenters. The number of nitrogens with one attached hydrogen (secondary N) is 1. The fraction of sp³-hybridized carbons (Fsp3) is 0.0769. The Labute approximate surface area is 118 Å². The van der Waals surface area contributed by atoms with Gasteiger partial charge in [0.1, 0.15) is 5.69 Å². The van der Waals surface area contributed by atoms with Crippen LogP contribution in [0.15, 0.2) is 36.5 Å². The Morgan fingerprint density at radius 3 is 3.00 bits per heavy atom. The van der Waals surface area contributed by atoms with Crippen molar-refractivity contribution in [3.63, 3.8) is 0 Å². The third-order valence-corrected chi connectivity index (χ3v) is 3.92. The van der Waals surface area contributed by atoms with Gasteiger partial charge in [-0.2, -0.15) is 0 Å². The molecule has 1 N–H and O–H groups in total. The minimum absolute atomic E-state index is 0.169. The Morgan fingerprint density at radius 1 is 1.42 bits per heavy atom. The van der Waals surface area contributed by atoms with Crippen LogP contribution < -0.4 is 5.32 Å². The number of amides is 1. The first-order valence-corrected chi connectivity index (χ1v) is 6.82. The minimum Gasteiger partial charge on any atom is -0.347 e. The van der Waals surface area contributed by atoms with E-state index in [0.29, 0.717) is 15.8 Å². The first-order valence-electron chi connectivity index (χ1n) is 5.62. The molecule has 0 aliphatic heterocycles. The fourth-order valence-corrected chi connectivity index (χ4v) is 2.95. The number of benzene rings is 1. The summed E-state index contributed by atoms with van der Waals surface area (Å²) in [6.07, 6.45) is 1.83. The van der Waals surface area contributed by atoms with E-state index >= 15 is 0 Å². The minimum atomic E-state index is -0.169. The van der Waals surface area contributed by atoms with E-state index in [1.807, 2.05) is 31.4 Å². The van der Waals surface area contributed by atoms with Gasteiger partial charge in [-0.15, -0.1) is 0 Å². The lowest BCUT2D eigenvalue weighted by Gasteiger charge is -2.02. The molecular weight excluding hydrogens is 282 g/mol. The summed E-state index contributed by atoms with van der Waals surface area (Å²) < 4.78 is 2.72. The van der Waals surface area contributed by atoms with E-state index in [0.717, 1.165) is 10.2 Å². The van der Waals surface area contributed by atoms with Crippen LogP contribution in [0.1, 0.15) is 10.5 Å². The standard InChI is InChI=1S/C13H10ClN3OS/c1-17-6-2-3-10(17)12(18)16-13-15-9-5-4-8(14)7-11(9)19-13/h2-7H,1H3,(H,15,16,18). The maximum absolute atomic E-state index is 12.0. The molecule has 0 radical (unpaired) electrons. The third kappa shape index (κ3) is 2.34. The van der Waals surface area contributed by atoms with E-state index in [2.05, 4.69) is 10.3 Å². The highest BCUT2D eigenvalue weighted by atomic mass is 35.5. The number of halogens is 1. The van der Waals surface area contributed by atoms with Gasteiger partial charge in [0.15, 0.2) is 5.13 Å². The lowest BCUT2D eigenvalue weighted by Crippen LogP contribution is -2.14. The van der Waals surface area contributed by atoms with Gasteiger partial charge < -0.3 is 4.57 Å². The van der Waals surface area contributed by atoms with Gasteiger partial charge in [0.2, 0.25) is 0 Å². The normalized spacial score (nSPS) is 10.8. The van der Waals surface area contributed by atoms with Crippen molar-refractivity contribution in [2.24, 2.45) is 7.05 Å². The van der Waals surface area contributed by atoms with Crippen molar-refractivity contribution in [2.45, 2.75) is 0 Å². The SMILES string of the molecule is Cn1cccc1C(=O)Nc1nc2ccc(Cl)cc2s1. The number of hydrogen-bond donors (Lipinski definition) is 1. The zero-order valence-corrected chi connectivity index (χ0v) is 11.6. The number of carbonyl (C=O) groups is 1. The van der Waals surface area contributed by atoms with Crippen molar-refractivity contribution in [1.82, 2.24) is 9.55 Å². The van der Waals surface area contributed by atoms with E-state index in [4.69, 9.17) is 11.6 Å². The Kier molecular flexibility index (Phi) is 3.00. The van der Waals surface area contributed by atoms with E-state index < -0.39 is 0 Å². The van der Waals surface area contributed by atoms with Crippen molar-refractivity contribution >= 4 is 44.2 Å². The molecule has 0 unspecified atom stereocenters. The number of aryl methyl sites for hydroxylation is 1. The number of rotatable bonds is 2. The molecule has 0 fully saturated rings. The van der Waals surface area contributed by atoms with Crippen molar-refractivity contribution in [2.75, 3.05) is 5.32 Å². The average Bonchev–Trinajstić information content (AvgIpc) is 2.94. The topological polar surface area (TPSA) is 46.9 Å². The number of carbonyl (C=O) groups excluding carboxylic acids is 1. The Balaban J connectivity index is 1.89. The van der Waals surface area contributed by atoms with Gasteiger partial charge in [-0.25, -0.2) is 4.98 Å². The van der Waals surface area contributed by atoms with Gasteiger partial charge in [0, 0.05) is 18.3 Å². The van der Waals surface area contributed by atoms with Crippen LogP contribution in [0.25, 0.3) is 10.2 Å². The summed E-state index contributed by atoms with van der Waals surface area (Å²) in [6.45, 7) is 0. The second-order valence-corrected chi connectivity index (χ2v) is 5.56. The molecule has 0 aliphatic carbocycles. The zero-order valence-electron chi connectivity index (χ0n) is 10.1. The van der Waals surface area contributed by atoms with Crippen molar-refractivity contribution in [1.29, 1.82) is 0 Å². The molecular formula is C13H10ClN3OS. The Bertz CT molecular complexity index is 762. The van der Waals surface area contributed by atoms with Gasteiger partial charge in [-0.1, -0.05) is 22.9 Å². The molecule has 1 aromatic carbocycles. The molecule has 3 aromatic rings. The molecule has 6 heteroatoms. The number of nitrogens with zero attached hydrogens (tertiary/aromatic N) is 2. The van der Waals surface area contributed by atoms with Crippen LogP contribution >= 0.6 is 22.9 Å². The highest BCUT2D eigenvalue weighted by molar-refractivity contribution is 7.22. The fourth-order valence-electron chi connectivity index (χ4n) is 1.81. The first-order chi connectivity index (χ1) is 9.13. The highest BCUT2D eigenvalue weighted by Gasteiger charge is 2.12. The lowest BCUT2D eigenvalue weighted by molar-refractivity contribution is 0.101. The highest BCUT2D eigenvalue weighted by Crippen LogP contribution is 2.28. The number of aromatic nitrogens is 2. The predicted octanol–water partition coefficient (Wildman–Crippen LogP) is 3.54. The monoisotopic (exact) mass is 291 g/mol. The van der Waals surface area contributed by atoms with Gasteiger partial charge in [-0.3, -0.25) is 10.1 Å². The molecule has 2 aromatic heterocycles. The molecule has 0 bridgehead atoms. The largest absolute Gasteiger partial charge is 0.347 e. The Morgan fingerprint density at radius 2 is 2.26 bits per heavy atom. The van der Waals surface area contributed by atoms with Crippen molar-refractivity contribution in [3.05, 3.63) is 47.2 Å². The first kappa shape index (κ1) is 12.2. The number of fused-ring (bicyclic) bond motifs is 1. The maximum atomic E-state index is 12.0. The van der Waals surface area contributed by atoms with Gasteiger partial charge in [-0.05, 0) is 30.3 Å². The molecule has 19 heavy (non-hydrogen) atoms. The smallest absolute Gasteiger partial charge is 0.274 e. The molecule has 0 saturated carbocycles. The van der Waals surface area contributed by atoms with E-state index in [1.54, 1.807) is 16.7 Å². The van der Waals surface area contributed by atoms with Crippen LogP contribution in [-0.2, 0) is 7.05 Å². The average molecular weight is 292 g/mol. The van der Waals surface area contributed by atoms with Crippen molar-refractivity contribution < 1.29 is 4.79 Å². The van der Waals surface area contributed by atoms with Crippen molar-refractivity contribution in [3.8, 4) is 0 Å². The molecule has 0 aliphatic rings. The molecule has 0 spiro atoms. The quantitative estimate of drug-likeness (QED) is 0.785. The predicted molar refractivity (Wildman–Crippen MR) is 78.0 cm³/mol. The van der Waals surface area contributed by atoms with Crippen LogP contribution in [0.3, 0.4) is 0 Å². The maximum Gasteiger partial charge on any atom is 0.274 e. The Hall–Kier alpha value is -1.85. The summed E-state index contributed by atoms with van der Waals surface area (Å²) in [5, 5.41) is 4.03. The third-order valence-electron chi connectivity index (χ3n) is 2.75. The van der Waals surface area contributed by atoms with Crippen LogP contribution in [0, 0.1) is 0 Å². The van der Waals surface area contributed by atoms with Crippen LogP contribution in [0.4, 0.5) is 5.13 Å². The van der Waals surface area contributed by atoms with Gasteiger partial charge in [0.25, 0.3) is 5.91 Å². The molecule has 4 nitrogen and oxygen atoms in total. The summed E-state index contributed by atoms with van der Waals surface area (Å²) in [5.41, 5.74) is 1.42. The summed E-state index contributed by atoms with van der Waals surface area (Å²) >= 11 is 7.33. The molecule has 96 valence electrons. The number of hydrogen-bond acceptors (Lipinski definition) is 3. The molecule has 1 amide bonds. The summed E-state index contributed by atoms with van der Waals surface area (Å²) in [4.78, 5) is 16.4.